The highest BCUT2D eigenvalue weighted by atomic mass is 16.5. The first-order chi connectivity index (χ1) is 13.7. The van der Waals surface area contributed by atoms with Gasteiger partial charge in [0.1, 0.15) is 12.4 Å². The predicted molar refractivity (Wildman–Crippen MR) is 110 cm³/mol. The quantitative estimate of drug-likeness (QED) is 0.568. The molecule has 0 saturated carbocycles. The second kappa shape index (κ2) is 10.3. The van der Waals surface area contributed by atoms with Crippen molar-refractivity contribution in [2.45, 2.75) is 26.1 Å². The maximum Gasteiger partial charge on any atom is 0.309 e. The van der Waals surface area contributed by atoms with E-state index in [4.69, 9.17) is 9.47 Å². The Labute approximate surface area is 166 Å². The van der Waals surface area contributed by atoms with Gasteiger partial charge in [-0.1, -0.05) is 66.7 Å². The summed E-state index contributed by atoms with van der Waals surface area (Å²) in [5.74, 6) is 0.634. The molecule has 0 aliphatic heterocycles. The Kier molecular flexibility index (Phi) is 7.21. The SMILES string of the molecule is COC(=O)Cc1ccccc1CNCc1ccc(OCc2ccccc2)cc1. The molecule has 4 nitrogen and oxygen atoms in total. The molecule has 0 fully saturated rings. The Morgan fingerprint density at radius 2 is 1.46 bits per heavy atom. The summed E-state index contributed by atoms with van der Waals surface area (Å²) < 4.78 is 10.6. The first-order valence-corrected chi connectivity index (χ1v) is 9.34. The van der Waals surface area contributed by atoms with Crippen molar-refractivity contribution in [2.24, 2.45) is 0 Å². The summed E-state index contributed by atoms with van der Waals surface area (Å²) in [6, 6.07) is 26.2. The third-order valence-electron chi connectivity index (χ3n) is 4.50. The van der Waals surface area contributed by atoms with Crippen molar-refractivity contribution in [3.63, 3.8) is 0 Å². The average molecular weight is 375 g/mol. The molecule has 0 spiro atoms. The highest BCUT2D eigenvalue weighted by Crippen LogP contribution is 2.15. The summed E-state index contributed by atoms with van der Waals surface area (Å²) in [5, 5.41) is 3.43. The van der Waals surface area contributed by atoms with Crippen LogP contribution in [0.1, 0.15) is 22.3 Å². The molecule has 0 heterocycles. The monoisotopic (exact) mass is 375 g/mol. The maximum absolute atomic E-state index is 11.5. The lowest BCUT2D eigenvalue weighted by Crippen LogP contribution is -2.15. The molecule has 0 amide bonds. The minimum absolute atomic E-state index is 0.224. The molecule has 3 rings (SSSR count). The standard InChI is InChI=1S/C24H25NO3/c1-27-24(26)15-21-9-5-6-10-22(21)17-25-16-19-11-13-23(14-12-19)28-18-20-7-3-2-4-8-20/h2-14,25H,15-18H2,1H3. The van der Waals surface area contributed by atoms with Crippen LogP contribution in [-0.4, -0.2) is 13.1 Å². The maximum atomic E-state index is 11.5. The summed E-state index contributed by atoms with van der Waals surface area (Å²) in [6.45, 7) is 2.00. The number of carbonyl (C=O) groups excluding carboxylic acids is 1. The van der Waals surface area contributed by atoms with Gasteiger partial charge in [0.05, 0.1) is 13.5 Å². The van der Waals surface area contributed by atoms with Crippen LogP contribution in [0.4, 0.5) is 0 Å². The number of hydrogen-bond acceptors (Lipinski definition) is 4. The third kappa shape index (κ3) is 5.96. The van der Waals surface area contributed by atoms with Crippen LogP contribution in [0.25, 0.3) is 0 Å². The van der Waals surface area contributed by atoms with Crippen LogP contribution in [0.15, 0.2) is 78.9 Å². The number of esters is 1. The largest absolute Gasteiger partial charge is 0.489 e. The fourth-order valence-electron chi connectivity index (χ4n) is 2.92. The van der Waals surface area contributed by atoms with Gasteiger partial charge in [-0.25, -0.2) is 0 Å². The lowest BCUT2D eigenvalue weighted by molar-refractivity contribution is -0.139. The smallest absolute Gasteiger partial charge is 0.309 e. The molecule has 0 radical (unpaired) electrons. The number of ether oxygens (including phenoxy) is 2. The van der Waals surface area contributed by atoms with Crippen molar-refractivity contribution in [2.75, 3.05) is 7.11 Å². The van der Waals surface area contributed by atoms with Gasteiger partial charge in [0, 0.05) is 13.1 Å². The molecule has 0 bridgehead atoms. The summed E-state index contributed by atoms with van der Waals surface area (Å²) in [4.78, 5) is 11.5. The third-order valence-corrected chi connectivity index (χ3v) is 4.50. The number of hydrogen-bond donors (Lipinski definition) is 1. The number of benzene rings is 3. The topological polar surface area (TPSA) is 47.6 Å². The van der Waals surface area contributed by atoms with Crippen LogP contribution in [0.3, 0.4) is 0 Å². The lowest BCUT2D eigenvalue weighted by atomic mass is 10.0. The van der Waals surface area contributed by atoms with E-state index in [-0.39, 0.29) is 5.97 Å². The molecule has 4 heteroatoms. The fraction of sp³-hybridized carbons (Fsp3) is 0.208. The van der Waals surface area contributed by atoms with Gasteiger partial charge in [-0.05, 0) is 34.4 Å². The van der Waals surface area contributed by atoms with Crippen LogP contribution in [0.2, 0.25) is 0 Å². The van der Waals surface area contributed by atoms with E-state index in [1.165, 1.54) is 12.7 Å². The molecule has 3 aromatic carbocycles. The molecule has 3 aromatic rings. The molecule has 1 N–H and O–H groups in total. The zero-order valence-corrected chi connectivity index (χ0v) is 16.1. The van der Waals surface area contributed by atoms with Gasteiger partial charge in [0.25, 0.3) is 0 Å². The van der Waals surface area contributed by atoms with Crippen molar-refractivity contribution >= 4 is 5.97 Å². The van der Waals surface area contributed by atoms with E-state index < -0.39 is 0 Å². The number of nitrogens with one attached hydrogen (secondary N) is 1. The highest BCUT2D eigenvalue weighted by molar-refractivity contribution is 5.72. The Morgan fingerprint density at radius 3 is 2.18 bits per heavy atom. The van der Waals surface area contributed by atoms with Crippen molar-refractivity contribution in [3.05, 3.63) is 101 Å². The van der Waals surface area contributed by atoms with E-state index in [9.17, 15) is 4.79 Å². The normalized spacial score (nSPS) is 10.5. The van der Waals surface area contributed by atoms with Crippen molar-refractivity contribution in [1.29, 1.82) is 0 Å². The van der Waals surface area contributed by atoms with Crippen molar-refractivity contribution in [1.82, 2.24) is 5.32 Å². The van der Waals surface area contributed by atoms with Crippen molar-refractivity contribution in [3.8, 4) is 5.75 Å². The zero-order valence-electron chi connectivity index (χ0n) is 16.1. The molecule has 0 unspecified atom stereocenters. The van der Waals surface area contributed by atoms with E-state index in [0.717, 1.165) is 29.0 Å². The molecular formula is C24H25NO3. The van der Waals surface area contributed by atoms with Gasteiger partial charge in [0.15, 0.2) is 0 Å². The Balaban J connectivity index is 1.48. The van der Waals surface area contributed by atoms with Crippen LogP contribution < -0.4 is 10.1 Å². The first-order valence-electron chi connectivity index (χ1n) is 9.34. The van der Waals surface area contributed by atoms with Crippen molar-refractivity contribution < 1.29 is 14.3 Å². The fourth-order valence-corrected chi connectivity index (χ4v) is 2.92. The molecule has 144 valence electrons. The Morgan fingerprint density at radius 1 is 0.786 bits per heavy atom. The van der Waals surface area contributed by atoms with Gasteiger partial charge in [-0.2, -0.15) is 0 Å². The van der Waals surface area contributed by atoms with Gasteiger partial charge < -0.3 is 14.8 Å². The van der Waals surface area contributed by atoms with E-state index in [1.54, 1.807) is 0 Å². The summed E-state index contributed by atoms with van der Waals surface area (Å²) in [5.41, 5.74) is 4.43. The van der Waals surface area contributed by atoms with E-state index in [0.29, 0.717) is 19.6 Å². The Bertz CT molecular complexity index is 876. The summed E-state index contributed by atoms with van der Waals surface area (Å²) in [7, 11) is 1.41. The van der Waals surface area contributed by atoms with Crippen LogP contribution in [-0.2, 0) is 35.6 Å². The second-order valence-electron chi connectivity index (χ2n) is 6.54. The van der Waals surface area contributed by atoms with E-state index >= 15 is 0 Å². The molecule has 0 saturated heterocycles. The van der Waals surface area contributed by atoms with Gasteiger partial charge in [0.2, 0.25) is 0 Å². The molecular weight excluding hydrogens is 350 g/mol. The van der Waals surface area contributed by atoms with Gasteiger partial charge >= 0.3 is 5.97 Å². The molecule has 0 aliphatic carbocycles. The minimum atomic E-state index is -0.224. The zero-order chi connectivity index (χ0) is 19.6. The van der Waals surface area contributed by atoms with Crippen LogP contribution in [0.5, 0.6) is 5.75 Å². The molecule has 0 aromatic heterocycles. The number of methoxy groups -OCH3 is 1. The van der Waals surface area contributed by atoms with Gasteiger partial charge in [-0.3, -0.25) is 4.79 Å². The second-order valence-corrected chi connectivity index (χ2v) is 6.54. The van der Waals surface area contributed by atoms with E-state index in [2.05, 4.69) is 29.6 Å². The first kappa shape index (κ1) is 19.6. The van der Waals surface area contributed by atoms with Crippen LogP contribution in [0, 0.1) is 0 Å². The predicted octanol–water partition coefficient (Wildman–Crippen LogP) is 4.27. The van der Waals surface area contributed by atoms with Crippen LogP contribution >= 0.6 is 0 Å². The van der Waals surface area contributed by atoms with E-state index in [1.807, 2.05) is 54.6 Å². The minimum Gasteiger partial charge on any atom is -0.489 e. The number of rotatable bonds is 9. The molecule has 28 heavy (non-hydrogen) atoms. The number of carbonyl (C=O) groups is 1. The molecule has 0 atom stereocenters. The summed E-state index contributed by atoms with van der Waals surface area (Å²) >= 11 is 0. The Hall–Kier alpha value is -3.11. The highest BCUT2D eigenvalue weighted by Gasteiger charge is 2.07. The molecule has 0 aliphatic rings. The average Bonchev–Trinajstić information content (AvgIpc) is 2.75. The lowest BCUT2D eigenvalue weighted by Gasteiger charge is -2.11. The summed E-state index contributed by atoms with van der Waals surface area (Å²) in [6.07, 6.45) is 0.293. The van der Waals surface area contributed by atoms with Gasteiger partial charge in [-0.15, -0.1) is 0 Å².